The van der Waals surface area contributed by atoms with Crippen molar-refractivity contribution < 1.29 is 4.42 Å². The zero-order valence-electron chi connectivity index (χ0n) is 30.9. The van der Waals surface area contributed by atoms with Gasteiger partial charge in [0.2, 0.25) is 0 Å². The summed E-state index contributed by atoms with van der Waals surface area (Å²) < 4.78 is 9.36. The predicted octanol–water partition coefficient (Wildman–Crippen LogP) is 15.3. The van der Waals surface area contributed by atoms with Crippen LogP contribution in [0.5, 0.6) is 0 Å². The van der Waals surface area contributed by atoms with Crippen LogP contribution in [0.1, 0.15) is 0 Å². The van der Waals surface area contributed by atoms with E-state index in [0.29, 0.717) is 0 Å². The van der Waals surface area contributed by atoms with Gasteiger partial charge in [0.05, 0.1) is 22.4 Å². The molecule has 0 N–H and O–H groups in total. The molecule has 0 amide bonds. The highest BCUT2D eigenvalue weighted by Crippen LogP contribution is 2.48. The molecule has 3 nitrogen and oxygen atoms in total. The third kappa shape index (κ3) is 4.86. The summed E-state index contributed by atoms with van der Waals surface area (Å²) in [5.74, 6) is 0. The van der Waals surface area contributed by atoms with Crippen LogP contribution in [0.3, 0.4) is 0 Å². The number of rotatable bonds is 5. The molecule has 0 bridgehead atoms. The van der Waals surface area contributed by atoms with Crippen molar-refractivity contribution in [1.29, 1.82) is 0 Å². The predicted molar refractivity (Wildman–Crippen MR) is 241 cm³/mol. The fourth-order valence-electron chi connectivity index (χ4n) is 9.16. The van der Waals surface area contributed by atoms with Crippen molar-refractivity contribution in [3.8, 4) is 16.8 Å². The molecule has 0 aliphatic rings. The van der Waals surface area contributed by atoms with E-state index >= 15 is 0 Å². The number of aromatic nitrogens is 1. The van der Waals surface area contributed by atoms with Gasteiger partial charge >= 0.3 is 0 Å². The van der Waals surface area contributed by atoms with Crippen molar-refractivity contribution in [3.05, 3.63) is 206 Å². The molecule has 0 unspecified atom stereocenters. The number of anilines is 3. The van der Waals surface area contributed by atoms with Crippen molar-refractivity contribution >= 4 is 93.1 Å². The second-order valence-corrected chi connectivity index (χ2v) is 14.9. The van der Waals surface area contributed by atoms with Gasteiger partial charge in [0.15, 0.2) is 5.58 Å². The molecule has 0 radical (unpaired) electrons. The smallest absolute Gasteiger partial charge is 0.160 e. The monoisotopic (exact) mass is 726 g/mol. The van der Waals surface area contributed by atoms with Gasteiger partial charge in [-0.3, -0.25) is 0 Å². The first-order valence-corrected chi connectivity index (χ1v) is 19.5. The number of benzene rings is 10. The summed E-state index contributed by atoms with van der Waals surface area (Å²) in [6.07, 6.45) is 0. The maximum atomic E-state index is 7.00. The Balaban J connectivity index is 1.08. The molecule has 2 aromatic heterocycles. The van der Waals surface area contributed by atoms with Crippen molar-refractivity contribution in [2.24, 2.45) is 0 Å². The van der Waals surface area contributed by atoms with E-state index in [-0.39, 0.29) is 0 Å². The number of para-hydroxylation sites is 2. The molecule has 0 saturated carbocycles. The number of hydrogen-bond donors (Lipinski definition) is 0. The van der Waals surface area contributed by atoms with Crippen LogP contribution < -0.4 is 4.90 Å². The molecule has 0 spiro atoms. The second-order valence-electron chi connectivity index (χ2n) is 14.9. The third-order valence-electron chi connectivity index (χ3n) is 11.7. The van der Waals surface area contributed by atoms with Gasteiger partial charge in [-0.25, -0.2) is 0 Å². The molecule has 0 aliphatic heterocycles. The quantitative estimate of drug-likeness (QED) is 0.176. The SMILES string of the molecule is c1ccc(-n2c3ccccc3c3cc(-c4ccc(N(c5cccc6ccccc56)c5cc6ccccc6c6c5oc5ccc7ccccc7c56)cc4)ccc32)cc1. The van der Waals surface area contributed by atoms with Crippen LogP contribution in [-0.4, -0.2) is 4.57 Å². The van der Waals surface area contributed by atoms with Gasteiger partial charge in [0.1, 0.15) is 5.58 Å². The molecule has 0 saturated heterocycles. The van der Waals surface area contributed by atoms with E-state index in [2.05, 4.69) is 216 Å². The lowest BCUT2D eigenvalue weighted by Gasteiger charge is -2.27. The fourth-order valence-corrected chi connectivity index (χ4v) is 9.16. The molecule has 57 heavy (non-hydrogen) atoms. The van der Waals surface area contributed by atoms with E-state index in [4.69, 9.17) is 4.42 Å². The highest BCUT2D eigenvalue weighted by molar-refractivity contribution is 6.29. The van der Waals surface area contributed by atoms with Gasteiger partial charge in [-0.15, -0.1) is 0 Å². The van der Waals surface area contributed by atoms with Crippen LogP contribution in [0.25, 0.3) is 92.9 Å². The molecule has 10 aromatic carbocycles. The lowest BCUT2D eigenvalue weighted by atomic mass is 9.98. The normalized spacial score (nSPS) is 11.9. The lowest BCUT2D eigenvalue weighted by molar-refractivity contribution is 0.669. The Hall–Kier alpha value is -7.62. The first-order chi connectivity index (χ1) is 28.3. The van der Waals surface area contributed by atoms with Crippen molar-refractivity contribution in [2.75, 3.05) is 4.90 Å². The maximum Gasteiger partial charge on any atom is 0.160 e. The Morgan fingerprint density at radius 3 is 1.79 bits per heavy atom. The van der Waals surface area contributed by atoms with Crippen molar-refractivity contribution in [1.82, 2.24) is 4.57 Å². The van der Waals surface area contributed by atoms with Crippen molar-refractivity contribution in [2.45, 2.75) is 0 Å². The average Bonchev–Trinajstić information content (AvgIpc) is 3.84. The molecule has 0 aliphatic carbocycles. The highest BCUT2D eigenvalue weighted by atomic mass is 16.3. The summed E-state index contributed by atoms with van der Waals surface area (Å²) in [5, 5.41) is 11.9. The Morgan fingerprint density at radius 2 is 0.982 bits per heavy atom. The first kappa shape index (κ1) is 31.7. The van der Waals surface area contributed by atoms with Crippen LogP contribution >= 0.6 is 0 Å². The van der Waals surface area contributed by atoms with Gasteiger partial charge in [0.25, 0.3) is 0 Å². The summed E-state index contributed by atoms with van der Waals surface area (Å²) in [7, 11) is 0. The zero-order chi connectivity index (χ0) is 37.5. The molecule has 0 atom stereocenters. The molecule has 0 fully saturated rings. The Bertz CT molecular complexity index is 3520. The minimum Gasteiger partial charge on any atom is -0.454 e. The third-order valence-corrected chi connectivity index (χ3v) is 11.7. The molecular formula is C54H34N2O. The minimum absolute atomic E-state index is 0.873. The number of hydrogen-bond acceptors (Lipinski definition) is 2. The Labute approximate surface area is 328 Å². The highest BCUT2D eigenvalue weighted by Gasteiger charge is 2.24. The van der Waals surface area contributed by atoms with E-state index < -0.39 is 0 Å². The van der Waals surface area contributed by atoms with E-state index in [1.165, 1.54) is 59.7 Å². The minimum atomic E-state index is 0.873. The molecular weight excluding hydrogens is 693 g/mol. The topological polar surface area (TPSA) is 21.3 Å². The molecule has 3 heteroatoms. The van der Waals surface area contributed by atoms with Gasteiger partial charge in [-0.1, -0.05) is 146 Å². The van der Waals surface area contributed by atoms with Gasteiger partial charge < -0.3 is 13.9 Å². The van der Waals surface area contributed by atoms with Gasteiger partial charge in [0, 0.05) is 38.3 Å². The summed E-state index contributed by atoms with van der Waals surface area (Å²) in [6, 6.07) is 74.4. The molecule has 266 valence electrons. The fraction of sp³-hybridized carbons (Fsp3) is 0. The second kappa shape index (κ2) is 12.5. The van der Waals surface area contributed by atoms with Crippen LogP contribution in [0.2, 0.25) is 0 Å². The number of nitrogens with zero attached hydrogens (tertiary/aromatic N) is 2. The first-order valence-electron chi connectivity index (χ1n) is 19.5. The van der Waals surface area contributed by atoms with Crippen LogP contribution in [0.15, 0.2) is 211 Å². The Kier molecular flexibility index (Phi) is 6.93. The standard InChI is InChI=1S/C54H34N2O/c1-2-17-40(18-3-1)55-48-23-11-10-22-45(48)46-33-38(27-31-49(46)55)35-25-29-41(30-26-35)56(47-24-12-16-36-13-4-7-19-42(36)47)50-34-39-15-6-9-21-44(39)53-52-43-20-8-5-14-37(43)28-32-51(52)57-54(50)53/h1-34H. The summed E-state index contributed by atoms with van der Waals surface area (Å²) in [6.45, 7) is 0. The maximum absolute atomic E-state index is 7.00. The summed E-state index contributed by atoms with van der Waals surface area (Å²) in [5.41, 5.74) is 10.8. The largest absolute Gasteiger partial charge is 0.454 e. The van der Waals surface area contributed by atoms with Crippen LogP contribution in [0.4, 0.5) is 17.1 Å². The van der Waals surface area contributed by atoms with E-state index in [1.807, 2.05) is 0 Å². The zero-order valence-corrected chi connectivity index (χ0v) is 30.9. The van der Waals surface area contributed by atoms with Crippen molar-refractivity contribution in [3.63, 3.8) is 0 Å². The summed E-state index contributed by atoms with van der Waals surface area (Å²) >= 11 is 0. The van der Waals surface area contributed by atoms with Crippen LogP contribution in [0, 0.1) is 0 Å². The van der Waals surface area contributed by atoms with E-state index in [0.717, 1.165) is 50.3 Å². The Morgan fingerprint density at radius 1 is 0.368 bits per heavy atom. The molecule has 2 heterocycles. The van der Waals surface area contributed by atoms with E-state index in [9.17, 15) is 0 Å². The van der Waals surface area contributed by atoms with Gasteiger partial charge in [-0.05, 0) is 98.7 Å². The average molecular weight is 727 g/mol. The molecule has 12 aromatic rings. The van der Waals surface area contributed by atoms with Crippen LogP contribution in [-0.2, 0) is 0 Å². The number of fused-ring (bicyclic) bond motifs is 11. The molecule has 12 rings (SSSR count). The lowest BCUT2D eigenvalue weighted by Crippen LogP contribution is -2.11. The summed E-state index contributed by atoms with van der Waals surface area (Å²) in [4.78, 5) is 2.39. The van der Waals surface area contributed by atoms with E-state index in [1.54, 1.807) is 0 Å². The van der Waals surface area contributed by atoms with Gasteiger partial charge in [-0.2, -0.15) is 0 Å². The number of furan rings is 1.